The molecule has 0 aliphatic rings. The van der Waals surface area contributed by atoms with Gasteiger partial charge in [0.1, 0.15) is 11.6 Å². The average Bonchev–Trinajstić information content (AvgIpc) is 2.71. The fourth-order valence-electron chi connectivity index (χ4n) is 2.81. The van der Waals surface area contributed by atoms with E-state index in [4.69, 9.17) is 14.2 Å². The lowest BCUT2D eigenvalue weighted by atomic mass is 9.99. The van der Waals surface area contributed by atoms with Gasteiger partial charge in [-0.1, -0.05) is 0 Å². The van der Waals surface area contributed by atoms with Gasteiger partial charge in [-0.15, -0.1) is 0 Å². The Bertz CT molecular complexity index is 882. The number of methoxy groups -OCH3 is 1. The zero-order valence-electron chi connectivity index (χ0n) is 17.8. The maximum atomic E-state index is 14.7. The number of rotatable bonds is 10. The fraction of sp³-hybridized carbons (Fsp3) is 0.391. The topological polar surface area (TPSA) is 73.9 Å². The Morgan fingerprint density at radius 3 is 2.43 bits per heavy atom. The molecule has 0 spiro atoms. The molecule has 0 radical (unpaired) electrons. The molecular weight excluding hydrogens is 389 g/mol. The standard InChI is InChI=1S/C23H28FNO5/c1-5-29-23(27)17-8-10-20(24)19(13-17)18-9-7-16(22(26)25-15(2)3)14-21(18)30-12-6-11-28-4/h7-10,13-15H,5-6,11-12H2,1-4H3,(H,25,26). The van der Waals surface area contributed by atoms with E-state index in [2.05, 4.69) is 5.32 Å². The number of hydrogen-bond donors (Lipinski definition) is 1. The third-order valence-electron chi connectivity index (χ3n) is 4.18. The van der Waals surface area contributed by atoms with Gasteiger partial charge < -0.3 is 19.5 Å². The summed E-state index contributed by atoms with van der Waals surface area (Å²) in [5, 5.41) is 2.82. The number of carbonyl (C=O) groups is 2. The molecule has 7 heteroatoms. The zero-order valence-corrected chi connectivity index (χ0v) is 17.8. The minimum Gasteiger partial charge on any atom is -0.493 e. The Kier molecular flexibility index (Phi) is 8.80. The van der Waals surface area contributed by atoms with E-state index in [0.717, 1.165) is 0 Å². The normalized spacial score (nSPS) is 10.7. The molecule has 0 bridgehead atoms. The summed E-state index contributed by atoms with van der Waals surface area (Å²) in [6.45, 7) is 6.49. The highest BCUT2D eigenvalue weighted by Crippen LogP contribution is 2.34. The Hall–Kier alpha value is -2.93. The van der Waals surface area contributed by atoms with Gasteiger partial charge in [-0.05, 0) is 57.2 Å². The minimum atomic E-state index is -0.533. The molecule has 0 unspecified atom stereocenters. The molecule has 0 aromatic heterocycles. The van der Waals surface area contributed by atoms with E-state index in [0.29, 0.717) is 36.5 Å². The summed E-state index contributed by atoms with van der Waals surface area (Å²) in [4.78, 5) is 24.5. The van der Waals surface area contributed by atoms with Crippen LogP contribution in [0.15, 0.2) is 36.4 Å². The highest BCUT2D eigenvalue weighted by atomic mass is 19.1. The highest BCUT2D eigenvalue weighted by Gasteiger charge is 2.18. The van der Waals surface area contributed by atoms with Crippen LogP contribution >= 0.6 is 0 Å². The summed E-state index contributed by atoms with van der Waals surface area (Å²) < 4.78 is 30.5. The summed E-state index contributed by atoms with van der Waals surface area (Å²) >= 11 is 0. The van der Waals surface area contributed by atoms with Crippen molar-refractivity contribution in [1.82, 2.24) is 5.32 Å². The summed E-state index contributed by atoms with van der Waals surface area (Å²) in [5.74, 6) is -0.945. The molecule has 2 rings (SSSR count). The van der Waals surface area contributed by atoms with Crippen molar-refractivity contribution in [3.05, 3.63) is 53.3 Å². The number of ether oxygens (including phenoxy) is 3. The lowest BCUT2D eigenvalue weighted by Gasteiger charge is -2.15. The summed E-state index contributed by atoms with van der Waals surface area (Å²) in [5.41, 5.74) is 1.27. The van der Waals surface area contributed by atoms with Gasteiger partial charge in [0.2, 0.25) is 0 Å². The first kappa shape index (κ1) is 23.3. The number of nitrogens with one attached hydrogen (secondary N) is 1. The molecular formula is C23H28FNO5. The largest absolute Gasteiger partial charge is 0.493 e. The van der Waals surface area contributed by atoms with Crippen LogP contribution in [0, 0.1) is 5.82 Å². The van der Waals surface area contributed by atoms with E-state index < -0.39 is 11.8 Å². The number of halogens is 1. The Morgan fingerprint density at radius 2 is 1.77 bits per heavy atom. The predicted octanol–water partition coefficient (Wildman–Crippen LogP) is 4.22. The van der Waals surface area contributed by atoms with Crippen LogP contribution in [0.1, 0.15) is 47.9 Å². The molecule has 0 saturated carbocycles. The van der Waals surface area contributed by atoms with Crippen molar-refractivity contribution < 1.29 is 28.2 Å². The SMILES string of the molecule is CCOC(=O)c1ccc(F)c(-c2ccc(C(=O)NC(C)C)cc2OCCCOC)c1. The molecule has 0 heterocycles. The first-order valence-corrected chi connectivity index (χ1v) is 9.91. The van der Waals surface area contributed by atoms with Crippen molar-refractivity contribution in [2.75, 3.05) is 26.9 Å². The van der Waals surface area contributed by atoms with Crippen molar-refractivity contribution in [1.29, 1.82) is 0 Å². The van der Waals surface area contributed by atoms with Crippen LogP contribution in [-0.2, 0) is 9.47 Å². The van der Waals surface area contributed by atoms with E-state index >= 15 is 0 Å². The van der Waals surface area contributed by atoms with E-state index in [1.54, 1.807) is 32.2 Å². The minimum absolute atomic E-state index is 0.0260. The quantitative estimate of drug-likeness (QED) is 0.463. The summed E-state index contributed by atoms with van der Waals surface area (Å²) in [7, 11) is 1.60. The first-order valence-electron chi connectivity index (χ1n) is 9.91. The van der Waals surface area contributed by atoms with Crippen molar-refractivity contribution in [2.45, 2.75) is 33.2 Å². The van der Waals surface area contributed by atoms with Crippen molar-refractivity contribution >= 4 is 11.9 Å². The second-order valence-electron chi connectivity index (χ2n) is 6.95. The summed E-state index contributed by atoms with van der Waals surface area (Å²) in [6, 6.07) is 8.80. The lowest BCUT2D eigenvalue weighted by Crippen LogP contribution is -2.30. The first-order chi connectivity index (χ1) is 14.4. The second-order valence-corrected chi connectivity index (χ2v) is 6.95. The van der Waals surface area contributed by atoms with Crippen LogP contribution in [0.2, 0.25) is 0 Å². The Labute approximate surface area is 176 Å². The molecule has 0 atom stereocenters. The average molecular weight is 417 g/mol. The van der Waals surface area contributed by atoms with Crippen LogP contribution < -0.4 is 10.1 Å². The molecule has 1 amide bonds. The van der Waals surface area contributed by atoms with Gasteiger partial charge in [-0.25, -0.2) is 9.18 Å². The number of benzene rings is 2. The Balaban J connectivity index is 2.45. The predicted molar refractivity (Wildman–Crippen MR) is 112 cm³/mol. The van der Waals surface area contributed by atoms with Gasteiger partial charge in [0.25, 0.3) is 5.91 Å². The Morgan fingerprint density at radius 1 is 1.03 bits per heavy atom. The van der Waals surface area contributed by atoms with Gasteiger partial charge in [-0.2, -0.15) is 0 Å². The maximum absolute atomic E-state index is 14.7. The molecule has 0 aliphatic heterocycles. The van der Waals surface area contributed by atoms with E-state index in [1.807, 2.05) is 13.8 Å². The summed E-state index contributed by atoms with van der Waals surface area (Å²) in [6.07, 6.45) is 0.629. The van der Waals surface area contributed by atoms with Gasteiger partial charge in [0, 0.05) is 42.9 Å². The molecule has 0 aliphatic carbocycles. The van der Waals surface area contributed by atoms with Crippen LogP contribution in [0.3, 0.4) is 0 Å². The molecule has 30 heavy (non-hydrogen) atoms. The lowest BCUT2D eigenvalue weighted by molar-refractivity contribution is 0.0526. The van der Waals surface area contributed by atoms with Crippen molar-refractivity contribution in [2.24, 2.45) is 0 Å². The number of carbonyl (C=O) groups excluding carboxylic acids is 2. The van der Waals surface area contributed by atoms with Gasteiger partial charge >= 0.3 is 5.97 Å². The zero-order chi connectivity index (χ0) is 22.1. The molecule has 1 N–H and O–H groups in total. The third kappa shape index (κ3) is 6.29. The van der Waals surface area contributed by atoms with Crippen LogP contribution in [0.5, 0.6) is 5.75 Å². The highest BCUT2D eigenvalue weighted by molar-refractivity contribution is 5.96. The van der Waals surface area contributed by atoms with Crippen LogP contribution in [-0.4, -0.2) is 44.8 Å². The van der Waals surface area contributed by atoms with E-state index in [9.17, 15) is 14.0 Å². The molecule has 0 fully saturated rings. The van der Waals surface area contributed by atoms with Gasteiger partial charge in [0.05, 0.1) is 18.8 Å². The van der Waals surface area contributed by atoms with E-state index in [-0.39, 0.29) is 29.7 Å². The number of hydrogen-bond acceptors (Lipinski definition) is 5. The number of esters is 1. The van der Waals surface area contributed by atoms with Gasteiger partial charge in [0.15, 0.2) is 0 Å². The van der Waals surface area contributed by atoms with Crippen molar-refractivity contribution in [3.8, 4) is 16.9 Å². The third-order valence-corrected chi connectivity index (χ3v) is 4.18. The molecule has 0 saturated heterocycles. The van der Waals surface area contributed by atoms with Crippen molar-refractivity contribution in [3.63, 3.8) is 0 Å². The molecule has 2 aromatic rings. The molecule has 6 nitrogen and oxygen atoms in total. The van der Waals surface area contributed by atoms with Gasteiger partial charge in [-0.3, -0.25) is 4.79 Å². The fourth-order valence-corrected chi connectivity index (χ4v) is 2.81. The molecule has 2 aromatic carbocycles. The second kappa shape index (κ2) is 11.3. The van der Waals surface area contributed by atoms with Crippen LogP contribution in [0.25, 0.3) is 11.1 Å². The monoisotopic (exact) mass is 417 g/mol. The van der Waals surface area contributed by atoms with E-state index in [1.165, 1.54) is 18.2 Å². The molecule has 162 valence electrons. The number of amides is 1. The maximum Gasteiger partial charge on any atom is 0.338 e. The smallest absolute Gasteiger partial charge is 0.338 e. The van der Waals surface area contributed by atoms with Crippen LogP contribution in [0.4, 0.5) is 4.39 Å².